The van der Waals surface area contributed by atoms with E-state index in [4.69, 9.17) is 23.2 Å². The summed E-state index contributed by atoms with van der Waals surface area (Å²) in [5.74, 6) is 0. The van der Waals surface area contributed by atoms with Crippen LogP contribution in [0.2, 0.25) is 10.0 Å². The van der Waals surface area contributed by atoms with Crippen molar-refractivity contribution in [2.45, 2.75) is 32.4 Å². The number of halogens is 2. The van der Waals surface area contributed by atoms with E-state index in [0.717, 1.165) is 6.42 Å². The van der Waals surface area contributed by atoms with Gasteiger partial charge in [-0.2, -0.15) is 0 Å². The maximum atomic E-state index is 9.95. The Hall–Kier alpha value is -0.280. The van der Waals surface area contributed by atoms with Crippen LogP contribution < -0.4 is 5.32 Å². The lowest BCUT2D eigenvalue weighted by Crippen LogP contribution is -2.29. The molecule has 90 valence electrons. The molecule has 0 amide bonds. The van der Waals surface area contributed by atoms with Crippen LogP contribution in [0.15, 0.2) is 18.2 Å². The summed E-state index contributed by atoms with van der Waals surface area (Å²) in [5, 5.41) is 14.3. The van der Waals surface area contributed by atoms with Crippen LogP contribution >= 0.6 is 23.2 Å². The van der Waals surface area contributed by atoms with E-state index in [1.807, 2.05) is 0 Å². The van der Waals surface area contributed by atoms with Gasteiger partial charge in [0, 0.05) is 28.2 Å². The summed E-state index contributed by atoms with van der Waals surface area (Å²) in [6.07, 6.45) is 0.430. The molecule has 4 heteroatoms. The Balaban J connectivity index is 2.62. The Kier molecular flexibility index (Phi) is 5.56. The highest BCUT2D eigenvalue weighted by molar-refractivity contribution is 6.35. The third-order valence-corrected chi connectivity index (χ3v) is 3.16. The molecule has 1 aromatic rings. The molecule has 0 saturated heterocycles. The van der Waals surface area contributed by atoms with Gasteiger partial charge in [0.1, 0.15) is 0 Å². The third kappa shape index (κ3) is 3.95. The maximum Gasteiger partial charge on any atom is 0.0928 e. The molecule has 16 heavy (non-hydrogen) atoms. The van der Waals surface area contributed by atoms with Gasteiger partial charge >= 0.3 is 0 Å². The second-order valence-electron chi connectivity index (χ2n) is 3.90. The molecular weight excluding hydrogens is 245 g/mol. The Labute approximate surface area is 107 Å². The summed E-state index contributed by atoms with van der Waals surface area (Å²) in [6.45, 7) is 4.67. The normalized spacial score (nSPS) is 14.8. The van der Waals surface area contributed by atoms with Crippen molar-refractivity contribution in [1.29, 1.82) is 0 Å². The molecule has 0 saturated carbocycles. The standard InChI is InChI=1S/C12H17Cl2NO/c1-3-8(2)15-7-12(16)10-5-4-9(13)6-11(10)14/h4-6,8,12,15-16H,3,7H2,1-2H3. The Morgan fingerprint density at radius 2 is 2.06 bits per heavy atom. The van der Waals surface area contributed by atoms with E-state index in [9.17, 15) is 5.11 Å². The molecule has 2 N–H and O–H groups in total. The zero-order chi connectivity index (χ0) is 12.1. The van der Waals surface area contributed by atoms with Crippen LogP contribution in [0.3, 0.4) is 0 Å². The van der Waals surface area contributed by atoms with E-state index in [2.05, 4.69) is 19.2 Å². The minimum atomic E-state index is -0.598. The number of hydrogen-bond acceptors (Lipinski definition) is 2. The predicted octanol–water partition coefficient (Wildman–Crippen LogP) is 3.41. The van der Waals surface area contributed by atoms with Crippen molar-refractivity contribution >= 4 is 23.2 Å². The number of hydrogen-bond donors (Lipinski definition) is 2. The van der Waals surface area contributed by atoms with Gasteiger partial charge in [-0.15, -0.1) is 0 Å². The molecule has 2 nitrogen and oxygen atoms in total. The fraction of sp³-hybridized carbons (Fsp3) is 0.500. The van der Waals surface area contributed by atoms with Crippen molar-refractivity contribution < 1.29 is 5.11 Å². The Bertz CT molecular complexity index is 344. The molecule has 0 aliphatic heterocycles. The van der Waals surface area contributed by atoms with Gasteiger partial charge in [-0.1, -0.05) is 36.2 Å². The first-order valence-electron chi connectivity index (χ1n) is 5.41. The number of aliphatic hydroxyl groups is 1. The second kappa shape index (κ2) is 6.45. The van der Waals surface area contributed by atoms with Crippen LogP contribution in [-0.4, -0.2) is 17.7 Å². The largest absolute Gasteiger partial charge is 0.387 e. The van der Waals surface area contributed by atoms with E-state index < -0.39 is 6.10 Å². The summed E-state index contributed by atoms with van der Waals surface area (Å²) in [7, 11) is 0. The fourth-order valence-corrected chi connectivity index (χ4v) is 1.87. The molecule has 2 atom stereocenters. The Morgan fingerprint density at radius 3 is 2.62 bits per heavy atom. The molecule has 0 aliphatic carbocycles. The van der Waals surface area contributed by atoms with Gasteiger partial charge in [-0.3, -0.25) is 0 Å². The predicted molar refractivity (Wildman–Crippen MR) is 69.2 cm³/mol. The molecule has 0 aromatic heterocycles. The smallest absolute Gasteiger partial charge is 0.0928 e. The van der Waals surface area contributed by atoms with E-state index in [0.29, 0.717) is 28.2 Å². The van der Waals surface area contributed by atoms with Crippen molar-refractivity contribution in [3.63, 3.8) is 0 Å². The fourth-order valence-electron chi connectivity index (χ4n) is 1.34. The first-order valence-corrected chi connectivity index (χ1v) is 6.16. The van der Waals surface area contributed by atoms with Gasteiger partial charge in [0.2, 0.25) is 0 Å². The molecule has 2 unspecified atom stereocenters. The molecule has 0 spiro atoms. The first-order chi connectivity index (χ1) is 7.54. The van der Waals surface area contributed by atoms with E-state index in [-0.39, 0.29) is 0 Å². The van der Waals surface area contributed by atoms with Crippen LogP contribution in [0, 0.1) is 0 Å². The van der Waals surface area contributed by atoms with Crippen molar-refractivity contribution in [3.8, 4) is 0 Å². The lowest BCUT2D eigenvalue weighted by atomic mass is 10.1. The lowest BCUT2D eigenvalue weighted by Gasteiger charge is -2.17. The third-order valence-electron chi connectivity index (χ3n) is 2.59. The van der Waals surface area contributed by atoms with Gasteiger partial charge in [0.15, 0.2) is 0 Å². The summed E-state index contributed by atoms with van der Waals surface area (Å²) >= 11 is 11.8. The van der Waals surface area contributed by atoms with Crippen molar-refractivity contribution in [3.05, 3.63) is 33.8 Å². The maximum absolute atomic E-state index is 9.95. The second-order valence-corrected chi connectivity index (χ2v) is 4.74. The average molecular weight is 262 g/mol. The molecular formula is C12H17Cl2NO. The minimum Gasteiger partial charge on any atom is -0.387 e. The van der Waals surface area contributed by atoms with Crippen molar-refractivity contribution in [1.82, 2.24) is 5.32 Å². The lowest BCUT2D eigenvalue weighted by molar-refractivity contribution is 0.170. The van der Waals surface area contributed by atoms with Gasteiger partial charge in [0.25, 0.3) is 0 Å². The monoisotopic (exact) mass is 261 g/mol. The molecule has 1 rings (SSSR count). The van der Waals surface area contributed by atoms with Gasteiger partial charge in [0.05, 0.1) is 6.10 Å². The minimum absolute atomic E-state index is 0.390. The zero-order valence-electron chi connectivity index (χ0n) is 9.50. The van der Waals surface area contributed by atoms with Crippen LogP contribution in [0.25, 0.3) is 0 Å². The molecule has 1 aromatic carbocycles. The first kappa shape index (κ1) is 13.8. The Morgan fingerprint density at radius 1 is 1.38 bits per heavy atom. The number of aliphatic hydroxyl groups excluding tert-OH is 1. The van der Waals surface area contributed by atoms with Crippen molar-refractivity contribution in [2.75, 3.05) is 6.54 Å². The summed E-state index contributed by atoms with van der Waals surface area (Å²) in [4.78, 5) is 0. The average Bonchev–Trinajstić information content (AvgIpc) is 2.25. The molecule has 0 bridgehead atoms. The topological polar surface area (TPSA) is 32.3 Å². The van der Waals surface area contributed by atoms with Gasteiger partial charge in [-0.05, 0) is 25.5 Å². The van der Waals surface area contributed by atoms with Crippen LogP contribution in [0.4, 0.5) is 0 Å². The molecule has 0 radical (unpaired) electrons. The SMILES string of the molecule is CCC(C)NCC(O)c1ccc(Cl)cc1Cl. The molecule has 0 aliphatic rings. The quantitative estimate of drug-likeness (QED) is 0.852. The highest BCUT2D eigenvalue weighted by Crippen LogP contribution is 2.25. The molecule has 0 heterocycles. The molecule has 0 fully saturated rings. The van der Waals surface area contributed by atoms with Crippen LogP contribution in [0.5, 0.6) is 0 Å². The summed E-state index contributed by atoms with van der Waals surface area (Å²) in [5.41, 5.74) is 0.710. The van der Waals surface area contributed by atoms with Crippen LogP contribution in [0.1, 0.15) is 31.9 Å². The highest BCUT2D eigenvalue weighted by atomic mass is 35.5. The number of benzene rings is 1. The van der Waals surface area contributed by atoms with Crippen molar-refractivity contribution in [2.24, 2.45) is 0 Å². The van der Waals surface area contributed by atoms with E-state index in [1.54, 1.807) is 18.2 Å². The van der Waals surface area contributed by atoms with E-state index in [1.165, 1.54) is 0 Å². The summed E-state index contributed by atoms with van der Waals surface area (Å²) < 4.78 is 0. The van der Waals surface area contributed by atoms with Crippen LogP contribution in [-0.2, 0) is 0 Å². The number of rotatable bonds is 5. The summed E-state index contributed by atoms with van der Waals surface area (Å²) in [6, 6.07) is 5.52. The zero-order valence-corrected chi connectivity index (χ0v) is 11.0. The van der Waals surface area contributed by atoms with Gasteiger partial charge in [-0.25, -0.2) is 0 Å². The van der Waals surface area contributed by atoms with Gasteiger partial charge < -0.3 is 10.4 Å². The number of nitrogens with one attached hydrogen (secondary N) is 1. The van der Waals surface area contributed by atoms with E-state index >= 15 is 0 Å². The highest BCUT2D eigenvalue weighted by Gasteiger charge is 2.12.